The Kier molecular flexibility index (Phi) is 10.3. The van der Waals surface area contributed by atoms with Crippen LogP contribution < -0.4 is 5.32 Å². The first-order chi connectivity index (χ1) is 23.7. The van der Waals surface area contributed by atoms with E-state index in [2.05, 4.69) is 71.8 Å². The number of rotatable bonds is 10. The quantitative estimate of drug-likeness (QED) is 0.122. The zero-order chi connectivity index (χ0) is 37.4. The Bertz CT molecular complexity index is 1470. The molecule has 7 nitrogen and oxygen atoms in total. The van der Waals surface area contributed by atoms with E-state index in [0.717, 1.165) is 25.7 Å². The molecule has 51 heavy (non-hydrogen) atoms. The second kappa shape index (κ2) is 13.5. The third kappa shape index (κ3) is 6.37. The minimum atomic E-state index is -1.51. The van der Waals surface area contributed by atoms with Gasteiger partial charge in [0.05, 0.1) is 6.10 Å². The van der Waals surface area contributed by atoms with Gasteiger partial charge in [0, 0.05) is 23.4 Å². The minimum Gasteiger partial charge on any atom is -0.370 e. The van der Waals surface area contributed by atoms with Crippen LogP contribution in [0.4, 0.5) is 5.82 Å². The lowest BCUT2D eigenvalue weighted by Gasteiger charge is -2.72. The van der Waals surface area contributed by atoms with Crippen molar-refractivity contribution in [1.82, 2.24) is 4.98 Å². The lowest BCUT2D eigenvalue weighted by molar-refractivity contribution is -0.261. The predicted octanol–water partition coefficient (Wildman–Crippen LogP) is 8.85. The van der Waals surface area contributed by atoms with Crippen molar-refractivity contribution in [3.05, 3.63) is 47.7 Å². The summed E-state index contributed by atoms with van der Waals surface area (Å²) in [6.07, 6.45) is 13.2. The monoisotopic (exact) mass is 707 g/mol. The van der Waals surface area contributed by atoms with Crippen LogP contribution in [0.5, 0.6) is 0 Å². The third-order valence-electron chi connectivity index (χ3n) is 16.2. The highest BCUT2D eigenvalue weighted by Crippen LogP contribution is 2.77. The molecule has 11 atom stereocenters. The molecule has 0 aromatic carbocycles. The van der Waals surface area contributed by atoms with E-state index in [1.807, 2.05) is 24.3 Å². The molecule has 0 bridgehead atoms. The number of allylic oxidation sites excluding steroid dienone is 3. The van der Waals surface area contributed by atoms with Gasteiger partial charge < -0.3 is 30.5 Å². The number of ether oxygens (including phenoxy) is 1. The van der Waals surface area contributed by atoms with Gasteiger partial charge in [-0.3, -0.25) is 0 Å². The number of hydrogen-bond donors (Lipinski definition) is 5. The summed E-state index contributed by atoms with van der Waals surface area (Å²) in [6.45, 7) is 23.4. The van der Waals surface area contributed by atoms with Crippen molar-refractivity contribution in [2.75, 3.05) is 5.32 Å². The lowest BCUT2D eigenvalue weighted by Crippen LogP contribution is -2.65. The van der Waals surface area contributed by atoms with E-state index in [1.54, 1.807) is 31.2 Å². The van der Waals surface area contributed by atoms with E-state index in [-0.39, 0.29) is 39.6 Å². The Hall–Kier alpha value is -1.77. The van der Waals surface area contributed by atoms with E-state index >= 15 is 0 Å². The standard InChI is InChI=1S/C44H70N2O5/c1-27(2)36-28(3)25-44(21-18-34(47)46-33-13-11-12-24-45-33)23-22-42(9)29(37(36)44)14-15-31-41(8)19-17-32(51-35(48)26-39(4,5)38(49)50)40(6,7)30(41)16-20-43(31,42)10/h11-13,18,21,24,27-32,34-35,38,47-50H,14-17,19-20,22-23,25-26H2,1-10H3,(H,45,46)/b21-18+/t28?,29?,30?,31?,32?,34?,35?,41?,42-,43?,44?/m1/s1. The Morgan fingerprint density at radius 1 is 0.922 bits per heavy atom. The smallest absolute Gasteiger partial charge is 0.156 e. The fourth-order valence-corrected chi connectivity index (χ4v) is 13.5. The van der Waals surface area contributed by atoms with Crippen LogP contribution in [0.1, 0.15) is 133 Å². The Morgan fingerprint density at radius 2 is 1.65 bits per heavy atom. The van der Waals surface area contributed by atoms with E-state index in [4.69, 9.17) is 4.74 Å². The van der Waals surface area contributed by atoms with Gasteiger partial charge in [-0.05, 0) is 127 Å². The number of aromatic nitrogens is 1. The van der Waals surface area contributed by atoms with Gasteiger partial charge in [0.15, 0.2) is 12.6 Å². The van der Waals surface area contributed by atoms with Crippen LogP contribution in [-0.4, -0.2) is 50.3 Å². The summed E-state index contributed by atoms with van der Waals surface area (Å²) in [7, 11) is 0. The van der Waals surface area contributed by atoms with Crippen molar-refractivity contribution in [2.45, 2.75) is 158 Å². The molecule has 1 aromatic heterocycles. The molecule has 0 saturated heterocycles. The molecule has 1 heterocycles. The van der Waals surface area contributed by atoms with Gasteiger partial charge in [-0.15, -0.1) is 0 Å². The van der Waals surface area contributed by atoms with Gasteiger partial charge in [-0.2, -0.15) is 0 Å². The number of nitrogens with zero attached hydrogens (tertiary/aromatic N) is 1. The SMILES string of the molecule is CC(C)C1=C2C3CCC4C5(C)CCC(OC(O)CC(C)(C)C(O)O)C(C)(C)C5CCC4(C)[C@]3(C)CCC2(/C=C/C(O)Nc2ccccn2)CC1C. The highest BCUT2D eigenvalue weighted by molar-refractivity contribution is 5.43. The molecule has 0 radical (unpaired) electrons. The molecule has 1 aromatic rings. The van der Waals surface area contributed by atoms with Crippen LogP contribution in [0.15, 0.2) is 47.7 Å². The number of aliphatic hydroxyl groups excluding tert-OH is 3. The Morgan fingerprint density at radius 3 is 2.29 bits per heavy atom. The molecular formula is C44H70N2O5. The van der Waals surface area contributed by atoms with Crippen LogP contribution in [0.25, 0.3) is 0 Å². The zero-order valence-corrected chi connectivity index (χ0v) is 33.4. The van der Waals surface area contributed by atoms with Gasteiger partial charge in [-0.1, -0.05) is 92.5 Å². The summed E-state index contributed by atoms with van der Waals surface area (Å²) < 4.78 is 6.42. The second-order valence-electron chi connectivity index (χ2n) is 20.1. The summed E-state index contributed by atoms with van der Waals surface area (Å²) in [5.41, 5.74) is 3.01. The van der Waals surface area contributed by atoms with E-state index < -0.39 is 24.2 Å². The maximum absolute atomic E-state index is 11.1. The number of pyridine rings is 1. The van der Waals surface area contributed by atoms with Crippen LogP contribution in [0, 0.1) is 62.1 Å². The number of nitrogens with one attached hydrogen (secondary N) is 1. The number of fused-ring (bicyclic) bond motifs is 7. The summed E-state index contributed by atoms with van der Waals surface area (Å²) in [6, 6.07) is 5.72. The zero-order valence-electron chi connectivity index (χ0n) is 33.4. The number of anilines is 1. The molecule has 0 amide bonds. The predicted molar refractivity (Wildman–Crippen MR) is 204 cm³/mol. The van der Waals surface area contributed by atoms with Gasteiger partial charge in [-0.25, -0.2) is 4.98 Å². The molecule has 286 valence electrons. The van der Waals surface area contributed by atoms with Crippen molar-refractivity contribution in [1.29, 1.82) is 0 Å². The highest BCUT2D eigenvalue weighted by Gasteiger charge is 2.69. The van der Waals surface area contributed by atoms with E-state index in [9.17, 15) is 20.4 Å². The molecule has 10 unspecified atom stereocenters. The van der Waals surface area contributed by atoms with Gasteiger partial charge >= 0.3 is 0 Å². The summed E-state index contributed by atoms with van der Waals surface area (Å²) in [5.74, 6) is 3.36. The maximum atomic E-state index is 11.1. The van der Waals surface area contributed by atoms with Crippen molar-refractivity contribution in [3.63, 3.8) is 0 Å². The first-order valence-electron chi connectivity index (χ1n) is 20.2. The first-order valence-corrected chi connectivity index (χ1v) is 20.2. The number of aliphatic hydroxyl groups is 4. The third-order valence-corrected chi connectivity index (χ3v) is 16.2. The summed E-state index contributed by atoms with van der Waals surface area (Å²) in [4.78, 5) is 4.36. The highest BCUT2D eigenvalue weighted by atomic mass is 16.6. The molecule has 5 N–H and O–H groups in total. The Labute approximate surface area is 308 Å². The molecule has 5 aliphatic rings. The summed E-state index contributed by atoms with van der Waals surface area (Å²) in [5, 5.41) is 45.0. The van der Waals surface area contributed by atoms with Crippen molar-refractivity contribution in [2.24, 2.45) is 62.1 Å². The van der Waals surface area contributed by atoms with E-state index in [1.165, 1.54) is 32.1 Å². The van der Waals surface area contributed by atoms with Gasteiger partial charge in [0.1, 0.15) is 12.0 Å². The summed E-state index contributed by atoms with van der Waals surface area (Å²) >= 11 is 0. The first kappa shape index (κ1) is 38.9. The minimum absolute atomic E-state index is 0.0147. The van der Waals surface area contributed by atoms with Crippen molar-refractivity contribution < 1.29 is 25.2 Å². The van der Waals surface area contributed by atoms with Gasteiger partial charge in [0.2, 0.25) is 0 Å². The molecule has 0 aliphatic heterocycles. The molecule has 5 aliphatic carbocycles. The fourth-order valence-electron chi connectivity index (χ4n) is 13.5. The average Bonchev–Trinajstić information content (AvgIpc) is 3.34. The largest absolute Gasteiger partial charge is 0.370 e. The van der Waals surface area contributed by atoms with Gasteiger partial charge in [0.25, 0.3) is 0 Å². The van der Waals surface area contributed by atoms with E-state index in [0.29, 0.717) is 35.4 Å². The van der Waals surface area contributed by atoms with Crippen LogP contribution in [0.2, 0.25) is 0 Å². The average molecular weight is 707 g/mol. The van der Waals surface area contributed by atoms with Crippen LogP contribution in [0.3, 0.4) is 0 Å². The molecule has 4 fully saturated rings. The van der Waals surface area contributed by atoms with Crippen molar-refractivity contribution >= 4 is 5.82 Å². The maximum Gasteiger partial charge on any atom is 0.156 e. The fraction of sp³-hybridized carbons (Fsp3) is 0.795. The molecule has 0 spiro atoms. The van der Waals surface area contributed by atoms with Crippen LogP contribution in [-0.2, 0) is 4.74 Å². The molecule has 4 saturated carbocycles. The molecule has 7 heteroatoms. The topological polar surface area (TPSA) is 115 Å². The molecular weight excluding hydrogens is 636 g/mol. The normalized spacial score (nSPS) is 40.5. The molecule has 6 rings (SSSR count). The number of hydrogen-bond acceptors (Lipinski definition) is 7. The second-order valence-corrected chi connectivity index (χ2v) is 20.1. The van der Waals surface area contributed by atoms with Crippen molar-refractivity contribution in [3.8, 4) is 0 Å². The Balaban J connectivity index is 1.27. The van der Waals surface area contributed by atoms with Crippen LogP contribution >= 0.6 is 0 Å². The lowest BCUT2D eigenvalue weighted by atomic mass is 9.33.